The molecule has 0 fully saturated rings. The van der Waals surface area contributed by atoms with Crippen molar-refractivity contribution in [3.63, 3.8) is 0 Å². The van der Waals surface area contributed by atoms with Gasteiger partial charge in [0.1, 0.15) is 11.6 Å². The smallest absolute Gasteiger partial charge is 0.408 e. The Morgan fingerprint density at radius 2 is 1.79 bits per heavy atom. The number of anilines is 1. The summed E-state index contributed by atoms with van der Waals surface area (Å²) in [5.41, 5.74) is 6.84. The second-order valence-corrected chi connectivity index (χ2v) is 9.50. The van der Waals surface area contributed by atoms with E-state index in [-0.39, 0.29) is 6.42 Å². The van der Waals surface area contributed by atoms with Crippen molar-refractivity contribution in [1.82, 2.24) is 5.32 Å². The Morgan fingerprint density at radius 1 is 1.09 bits per heavy atom. The molecule has 0 aliphatic rings. The van der Waals surface area contributed by atoms with E-state index in [4.69, 9.17) is 19.9 Å². The number of nitrogens with one attached hydrogen (secondary N) is 1. The van der Waals surface area contributed by atoms with E-state index in [9.17, 15) is 14.4 Å². The van der Waals surface area contributed by atoms with Crippen LogP contribution in [-0.2, 0) is 25.6 Å². The molecule has 2 aromatic carbocycles. The van der Waals surface area contributed by atoms with Crippen LogP contribution in [-0.4, -0.2) is 42.7 Å². The van der Waals surface area contributed by atoms with Crippen LogP contribution >= 0.6 is 15.9 Å². The molecule has 2 rings (SSSR count). The first-order chi connectivity index (χ1) is 16.0. The monoisotopic (exact) mass is 534 g/mol. The zero-order chi connectivity index (χ0) is 25.1. The van der Waals surface area contributed by atoms with Crippen LogP contribution in [0.15, 0.2) is 53.0 Å². The van der Waals surface area contributed by atoms with Crippen LogP contribution in [0.2, 0.25) is 0 Å². The van der Waals surface area contributed by atoms with Gasteiger partial charge in [-0.15, -0.1) is 0 Å². The van der Waals surface area contributed by atoms with Crippen molar-refractivity contribution in [1.29, 1.82) is 0 Å². The Labute approximate surface area is 208 Å². The van der Waals surface area contributed by atoms with Crippen LogP contribution < -0.4 is 11.1 Å². The molecule has 0 saturated heterocycles. The number of Topliss-reactive ketones (excluding diaryl/α,β-unsaturated/α-hetero) is 1. The zero-order valence-electron chi connectivity index (χ0n) is 19.6. The molecule has 0 radical (unpaired) electrons. The highest BCUT2D eigenvalue weighted by Gasteiger charge is 2.26. The molecule has 0 spiro atoms. The number of rotatable bonds is 11. The molecule has 1 amide bonds. The van der Waals surface area contributed by atoms with Crippen LogP contribution in [0, 0.1) is 0 Å². The van der Waals surface area contributed by atoms with E-state index in [0.717, 1.165) is 5.56 Å². The molecule has 0 aliphatic carbocycles. The van der Waals surface area contributed by atoms with Gasteiger partial charge in [-0.05, 0) is 73.3 Å². The molecule has 0 aromatic heterocycles. The molecule has 2 aromatic rings. The van der Waals surface area contributed by atoms with Crippen LogP contribution in [0.3, 0.4) is 0 Å². The first-order valence-electron chi connectivity index (χ1n) is 10.9. The molecule has 0 saturated carbocycles. The second kappa shape index (κ2) is 13.1. The number of benzene rings is 2. The van der Waals surface area contributed by atoms with Gasteiger partial charge in [-0.2, -0.15) is 0 Å². The number of ketones is 1. The van der Waals surface area contributed by atoms with Crippen molar-refractivity contribution in [3.05, 3.63) is 64.1 Å². The standard InChI is InChI=1S/C25H31BrN2O6/c1-25(2,3)34-24(31)28-21(10-7-13-32-15-17-8-5-4-6-9-17)23(30)33-16-22(29)19-12-11-18(27)14-20(19)26/h4-6,8-9,11-12,14,21H,7,10,13,15-16,27H2,1-3H3,(H,28,31)/t21-/m0/s1. The molecule has 3 N–H and O–H groups in total. The molecule has 184 valence electrons. The lowest BCUT2D eigenvalue weighted by Gasteiger charge is -2.23. The normalized spacial score (nSPS) is 12.0. The maximum absolute atomic E-state index is 12.7. The maximum atomic E-state index is 12.7. The van der Waals surface area contributed by atoms with Crippen molar-refractivity contribution in [3.8, 4) is 0 Å². The molecule has 0 bridgehead atoms. The molecule has 9 heteroatoms. The van der Waals surface area contributed by atoms with Crippen LogP contribution in [0.1, 0.15) is 49.5 Å². The molecule has 1 atom stereocenters. The lowest BCUT2D eigenvalue weighted by atomic mass is 10.1. The maximum Gasteiger partial charge on any atom is 0.408 e. The number of esters is 1. The summed E-state index contributed by atoms with van der Waals surface area (Å²) in [6, 6.07) is 13.5. The Hall–Kier alpha value is -2.91. The predicted octanol–water partition coefficient (Wildman–Crippen LogP) is 4.65. The largest absolute Gasteiger partial charge is 0.456 e. The highest BCUT2D eigenvalue weighted by molar-refractivity contribution is 9.10. The third-order valence-electron chi connectivity index (χ3n) is 4.51. The fourth-order valence-electron chi connectivity index (χ4n) is 2.93. The molecule has 0 unspecified atom stereocenters. The van der Waals surface area contributed by atoms with Crippen LogP contribution in [0.25, 0.3) is 0 Å². The Morgan fingerprint density at radius 3 is 2.44 bits per heavy atom. The molecular formula is C25H31BrN2O6. The summed E-state index contributed by atoms with van der Waals surface area (Å²) < 4.78 is 16.6. The van der Waals surface area contributed by atoms with Gasteiger partial charge in [0, 0.05) is 22.3 Å². The minimum absolute atomic E-state index is 0.257. The number of hydrogen-bond acceptors (Lipinski definition) is 7. The van der Waals surface area contributed by atoms with Crippen LogP contribution in [0.5, 0.6) is 0 Å². The second-order valence-electron chi connectivity index (χ2n) is 8.65. The van der Waals surface area contributed by atoms with Crippen molar-refractivity contribution < 1.29 is 28.6 Å². The summed E-state index contributed by atoms with van der Waals surface area (Å²) in [6.45, 7) is 5.52. The third kappa shape index (κ3) is 9.93. The summed E-state index contributed by atoms with van der Waals surface area (Å²) >= 11 is 3.28. The summed E-state index contributed by atoms with van der Waals surface area (Å²) in [5, 5.41) is 2.54. The number of ether oxygens (including phenoxy) is 3. The lowest BCUT2D eigenvalue weighted by molar-refractivity contribution is -0.145. The molecular weight excluding hydrogens is 504 g/mol. The Bertz CT molecular complexity index is 975. The number of carbonyl (C=O) groups excluding carboxylic acids is 3. The number of nitrogen functional groups attached to an aromatic ring is 1. The van der Waals surface area contributed by atoms with Crippen molar-refractivity contribution in [2.24, 2.45) is 0 Å². The van der Waals surface area contributed by atoms with E-state index in [1.54, 1.807) is 39.0 Å². The van der Waals surface area contributed by atoms with Gasteiger partial charge >= 0.3 is 12.1 Å². The molecule has 34 heavy (non-hydrogen) atoms. The van der Waals surface area contributed by atoms with Gasteiger partial charge in [0.25, 0.3) is 0 Å². The molecule has 8 nitrogen and oxygen atoms in total. The summed E-state index contributed by atoms with van der Waals surface area (Å²) in [7, 11) is 0. The van der Waals surface area contributed by atoms with E-state index < -0.39 is 36.1 Å². The highest BCUT2D eigenvalue weighted by atomic mass is 79.9. The Kier molecular flexibility index (Phi) is 10.5. The van der Waals surface area contributed by atoms with Crippen molar-refractivity contribution in [2.75, 3.05) is 18.9 Å². The topological polar surface area (TPSA) is 117 Å². The molecule has 0 aliphatic heterocycles. The van der Waals surface area contributed by atoms with E-state index >= 15 is 0 Å². The van der Waals surface area contributed by atoms with Gasteiger partial charge in [-0.25, -0.2) is 9.59 Å². The van der Waals surface area contributed by atoms with Gasteiger partial charge in [0.15, 0.2) is 6.61 Å². The van der Waals surface area contributed by atoms with E-state index in [1.165, 1.54) is 0 Å². The number of hydrogen-bond donors (Lipinski definition) is 2. The summed E-state index contributed by atoms with van der Waals surface area (Å²) in [4.78, 5) is 37.4. The van der Waals surface area contributed by atoms with E-state index in [2.05, 4.69) is 21.2 Å². The SMILES string of the molecule is CC(C)(C)OC(=O)N[C@@H](CCCOCc1ccccc1)C(=O)OCC(=O)c1ccc(N)cc1Br. The zero-order valence-corrected chi connectivity index (χ0v) is 21.2. The molecule has 0 heterocycles. The van der Waals surface area contributed by atoms with Gasteiger partial charge in [-0.3, -0.25) is 4.79 Å². The van der Waals surface area contributed by atoms with Crippen molar-refractivity contribution in [2.45, 2.75) is 51.9 Å². The number of halogens is 1. The number of carbonyl (C=O) groups is 3. The average molecular weight is 535 g/mol. The number of alkyl carbamates (subject to hydrolysis) is 1. The summed E-state index contributed by atoms with van der Waals surface area (Å²) in [5.74, 6) is -1.13. The summed E-state index contributed by atoms with van der Waals surface area (Å²) in [6.07, 6.45) is -0.000742. The lowest BCUT2D eigenvalue weighted by Crippen LogP contribution is -2.44. The predicted molar refractivity (Wildman–Crippen MR) is 132 cm³/mol. The minimum atomic E-state index is -0.988. The minimum Gasteiger partial charge on any atom is -0.456 e. The van der Waals surface area contributed by atoms with E-state index in [0.29, 0.717) is 35.4 Å². The first kappa shape index (κ1) is 27.3. The fourth-order valence-corrected chi connectivity index (χ4v) is 3.54. The van der Waals surface area contributed by atoms with Gasteiger partial charge in [0.05, 0.1) is 6.61 Å². The van der Waals surface area contributed by atoms with Gasteiger partial charge in [0.2, 0.25) is 5.78 Å². The average Bonchev–Trinajstić information content (AvgIpc) is 2.75. The van der Waals surface area contributed by atoms with Gasteiger partial charge < -0.3 is 25.3 Å². The van der Waals surface area contributed by atoms with E-state index in [1.807, 2.05) is 30.3 Å². The van der Waals surface area contributed by atoms with Gasteiger partial charge in [-0.1, -0.05) is 30.3 Å². The van der Waals surface area contributed by atoms with Crippen LogP contribution in [0.4, 0.5) is 10.5 Å². The number of amides is 1. The highest BCUT2D eigenvalue weighted by Crippen LogP contribution is 2.20. The van der Waals surface area contributed by atoms with Crippen molar-refractivity contribution >= 4 is 39.5 Å². The quantitative estimate of drug-likeness (QED) is 0.186. The Balaban J connectivity index is 1.91. The fraction of sp³-hybridized carbons (Fsp3) is 0.400. The number of nitrogens with two attached hydrogens (primary N) is 1. The third-order valence-corrected chi connectivity index (χ3v) is 5.16. The first-order valence-corrected chi connectivity index (χ1v) is 11.7.